The molecule has 0 aromatic heterocycles. The highest BCUT2D eigenvalue weighted by molar-refractivity contribution is 5.76. The number of aliphatic hydroxyl groups excluding tert-OH is 1. The third kappa shape index (κ3) is 6.55. The molecule has 0 heterocycles. The van der Waals surface area contributed by atoms with E-state index in [2.05, 4.69) is 26.1 Å². The monoisotopic (exact) mass is 457 g/mol. The van der Waals surface area contributed by atoms with Gasteiger partial charge in [0.1, 0.15) is 24.2 Å². The first-order chi connectivity index (χ1) is 15.8. The van der Waals surface area contributed by atoms with Gasteiger partial charge in [-0.15, -0.1) is 0 Å². The van der Waals surface area contributed by atoms with Gasteiger partial charge in [0.2, 0.25) is 0 Å². The fourth-order valence-electron chi connectivity index (χ4n) is 4.65. The van der Waals surface area contributed by atoms with Crippen molar-refractivity contribution in [3.05, 3.63) is 65.5 Å². The quantitative estimate of drug-likeness (QED) is 0.501. The summed E-state index contributed by atoms with van der Waals surface area (Å²) in [6, 6.07) is 13.5. The second-order valence-corrected chi connectivity index (χ2v) is 9.65. The molecule has 0 saturated heterocycles. The molecule has 3 rings (SSSR count). The minimum Gasteiger partial charge on any atom is -0.497 e. The van der Waals surface area contributed by atoms with Crippen molar-refractivity contribution in [2.45, 2.75) is 64.1 Å². The van der Waals surface area contributed by atoms with Crippen LogP contribution in [0, 0.1) is 17.7 Å². The Morgan fingerprint density at radius 3 is 2.55 bits per heavy atom. The molecule has 1 aliphatic carbocycles. The molecule has 2 aromatic carbocycles. The third-order valence-electron chi connectivity index (χ3n) is 6.94. The third-order valence-corrected chi connectivity index (χ3v) is 6.94. The van der Waals surface area contributed by atoms with Crippen LogP contribution < -0.4 is 10.1 Å². The van der Waals surface area contributed by atoms with Crippen LogP contribution in [0.25, 0.3) is 0 Å². The van der Waals surface area contributed by atoms with Crippen molar-refractivity contribution in [3.63, 3.8) is 0 Å². The zero-order chi connectivity index (χ0) is 24.0. The molecule has 180 valence electrons. The lowest BCUT2D eigenvalue weighted by Gasteiger charge is -2.33. The van der Waals surface area contributed by atoms with E-state index in [0.717, 1.165) is 23.3 Å². The Balaban J connectivity index is 1.76. The van der Waals surface area contributed by atoms with Gasteiger partial charge in [-0.05, 0) is 86.3 Å². The molecule has 1 fully saturated rings. The van der Waals surface area contributed by atoms with E-state index in [1.54, 1.807) is 13.2 Å². The first kappa shape index (κ1) is 25.2. The van der Waals surface area contributed by atoms with Gasteiger partial charge in [-0.3, -0.25) is 10.1 Å². The maximum absolute atomic E-state index is 13.9. The van der Waals surface area contributed by atoms with E-state index in [0.29, 0.717) is 12.8 Å². The van der Waals surface area contributed by atoms with Gasteiger partial charge in [0.25, 0.3) is 0 Å². The summed E-state index contributed by atoms with van der Waals surface area (Å²) in [5.41, 5.74) is 1.50. The van der Waals surface area contributed by atoms with Crippen molar-refractivity contribution in [2.24, 2.45) is 11.8 Å². The molecule has 0 spiro atoms. The highest BCUT2D eigenvalue weighted by Crippen LogP contribution is 2.45. The Morgan fingerprint density at radius 1 is 1.21 bits per heavy atom. The predicted molar refractivity (Wildman–Crippen MR) is 127 cm³/mol. The largest absolute Gasteiger partial charge is 0.497 e. The van der Waals surface area contributed by atoms with E-state index in [9.17, 15) is 14.3 Å². The van der Waals surface area contributed by atoms with Crippen LogP contribution >= 0.6 is 0 Å². The number of nitrogens with one attached hydrogen (secondary N) is 1. The fraction of sp³-hybridized carbons (Fsp3) is 0.519. The van der Waals surface area contributed by atoms with Gasteiger partial charge in [-0.25, -0.2) is 4.39 Å². The Hall–Kier alpha value is -2.44. The number of ether oxygens (including phenoxy) is 2. The Morgan fingerprint density at radius 2 is 1.94 bits per heavy atom. The molecule has 5 nitrogen and oxygen atoms in total. The van der Waals surface area contributed by atoms with Crippen LogP contribution in [0.5, 0.6) is 5.75 Å². The van der Waals surface area contributed by atoms with Crippen molar-refractivity contribution < 1.29 is 23.8 Å². The van der Waals surface area contributed by atoms with Gasteiger partial charge >= 0.3 is 5.97 Å². The van der Waals surface area contributed by atoms with Crippen molar-refractivity contribution in [1.82, 2.24) is 5.32 Å². The Kier molecular flexibility index (Phi) is 8.49. The molecule has 4 unspecified atom stereocenters. The van der Waals surface area contributed by atoms with Gasteiger partial charge < -0.3 is 14.6 Å². The van der Waals surface area contributed by atoms with Gasteiger partial charge in [0, 0.05) is 12.1 Å². The molecule has 4 atom stereocenters. The maximum Gasteiger partial charge on any atom is 0.323 e. The van der Waals surface area contributed by atoms with Crippen LogP contribution in [-0.2, 0) is 16.1 Å². The van der Waals surface area contributed by atoms with Crippen LogP contribution in [0.15, 0.2) is 48.5 Å². The summed E-state index contributed by atoms with van der Waals surface area (Å²) in [7, 11) is 1.61. The molecule has 2 aromatic rings. The summed E-state index contributed by atoms with van der Waals surface area (Å²) in [5, 5.41) is 13.6. The number of rotatable bonds is 10. The summed E-state index contributed by atoms with van der Waals surface area (Å²) < 4.78 is 24.8. The van der Waals surface area contributed by atoms with Crippen LogP contribution in [0.3, 0.4) is 0 Å². The predicted octanol–water partition coefficient (Wildman–Crippen LogP) is 4.83. The molecular formula is C27H36FNO4. The number of aliphatic hydroxyl groups is 1. The molecular weight excluding hydrogens is 421 g/mol. The molecule has 33 heavy (non-hydrogen) atoms. The van der Waals surface area contributed by atoms with E-state index in [1.165, 1.54) is 12.1 Å². The summed E-state index contributed by atoms with van der Waals surface area (Å²) in [5.74, 6) is 0.116. The smallest absolute Gasteiger partial charge is 0.323 e. The van der Waals surface area contributed by atoms with Gasteiger partial charge in [-0.1, -0.05) is 31.2 Å². The van der Waals surface area contributed by atoms with Crippen LogP contribution in [-0.4, -0.2) is 36.4 Å². The first-order valence-corrected chi connectivity index (χ1v) is 11.7. The highest BCUT2D eigenvalue weighted by Gasteiger charge is 2.43. The number of carbonyl (C=O) groups is 1. The zero-order valence-electron chi connectivity index (χ0n) is 20.0. The maximum atomic E-state index is 13.9. The van der Waals surface area contributed by atoms with Crippen LogP contribution in [0.2, 0.25) is 0 Å². The molecule has 1 saturated carbocycles. The fourth-order valence-corrected chi connectivity index (χ4v) is 4.65. The Labute approximate surface area is 196 Å². The summed E-state index contributed by atoms with van der Waals surface area (Å²) in [4.78, 5) is 13.3. The van der Waals surface area contributed by atoms with Crippen molar-refractivity contribution in [3.8, 4) is 5.75 Å². The summed E-state index contributed by atoms with van der Waals surface area (Å²) >= 11 is 0. The molecule has 0 aliphatic heterocycles. The molecule has 0 amide bonds. The number of benzene rings is 2. The van der Waals surface area contributed by atoms with Gasteiger partial charge in [0.15, 0.2) is 0 Å². The van der Waals surface area contributed by atoms with E-state index in [1.807, 2.05) is 30.3 Å². The Bertz CT molecular complexity index is 915. The number of esters is 1. The molecule has 0 radical (unpaired) electrons. The molecule has 6 heteroatoms. The number of carbonyl (C=O) groups excluding carboxylic acids is 1. The normalized spacial score (nSPS) is 21.6. The zero-order valence-corrected chi connectivity index (χ0v) is 20.0. The van der Waals surface area contributed by atoms with Gasteiger partial charge in [-0.2, -0.15) is 0 Å². The topological polar surface area (TPSA) is 67.8 Å². The lowest BCUT2D eigenvalue weighted by molar-refractivity contribution is -0.149. The van der Waals surface area contributed by atoms with E-state index < -0.39 is 6.04 Å². The lowest BCUT2D eigenvalue weighted by atomic mass is 9.89. The molecule has 0 bridgehead atoms. The van der Waals surface area contributed by atoms with Crippen LogP contribution in [0.1, 0.15) is 57.1 Å². The number of hydrogen-bond donors (Lipinski definition) is 2. The van der Waals surface area contributed by atoms with E-state index in [4.69, 9.17) is 9.47 Å². The first-order valence-electron chi connectivity index (χ1n) is 11.7. The van der Waals surface area contributed by atoms with Crippen molar-refractivity contribution in [2.75, 3.05) is 13.7 Å². The van der Waals surface area contributed by atoms with Crippen molar-refractivity contribution >= 4 is 5.97 Å². The lowest BCUT2D eigenvalue weighted by Crippen LogP contribution is -2.52. The SMILES string of the molecule is CCC(C)(C)NC(C(=O)OCc1ccc(OC)cc1)C1CC(CO)C(c2cccc(F)c2)C1. The molecule has 2 N–H and O–H groups in total. The second kappa shape index (κ2) is 11.1. The second-order valence-electron chi connectivity index (χ2n) is 9.65. The number of halogens is 1. The average molecular weight is 458 g/mol. The van der Waals surface area contributed by atoms with Crippen molar-refractivity contribution in [1.29, 1.82) is 0 Å². The number of methoxy groups -OCH3 is 1. The van der Waals surface area contributed by atoms with E-state index in [-0.39, 0.29) is 48.3 Å². The van der Waals surface area contributed by atoms with E-state index >= 15 is 0 Å². The summed E-state index contributed by atoms with van der Waals surface area (Å²) in [6.45, 7) is 6.39. The minimum absolute atomic E-state index is 0.000808. The summed E-state index contributed by atoms with van der Waals surface area (Å²) in [6.07, 6.45) is 2.20. The molecule has 1 aliphatic rings. The highest BCUT2D eigenvalue weighted by atomic mass is 19.1. The van der Waals surface area contributed by atoms with Crippen LogP contribution in [0.4, 0.5) is 4.39 Å². The minimum atomic E-state index is -0.509. The van der Waals surface area contributed by atoms with Gasteiger partial charge in [0.05, 0.1) is 7.11 Å². The standard InChI is InChI=1S/C27H36FNO4/c1-5-27(2,3)29-25(26(31)33-17-18-9-11-23(32-4)12-10-18)20-13-21(16-30)24(15-20)19-7-6-8-22(28)14-19/h6-12,14,20-21,24-25,29-30H,5,13,15-17H2,1-4H3. The average Bonchev–Trinajstić information content (AvgIpc) is 3.25. The number of hydrogen-bond acceptors (Lipinski definition) is 5.